The second-order valence-corrected chi connectivity index (χ2v) is 6.43. The Balaban J connectivity index is 1.33. The molecule has 0 bridgehead atoms. The molecule has 1 saturated heterocycles. The Labute approximate surface area is 155 Å². The summed E-state index contributed by atoms with van der Waals surface area (Å²) in [4.78, 5) is 4.55. The molecule has 3 heterocycles. The van der Waals surface area contributed by atoms with Gasteiger partial charge in [-0.3, -0.25) is 0 Å². The average Bonchev–Trinajstić information content (AvgIpc) is 3.47. The number of rotatable bonds is 4. The first-order valence-corrected chi connectivity index (χ1v) is 8.69. The van der Waals surface area contributed by atoms with Gasteiger partial charge >= 0.3 is 0 Å². The van der Waals surface area contributed by atoms with Gasteiger partial charge in [0.25, 0.3) is 0 Å². The second kappa shape index (κ2) is 6.57. The Kier molecular flexibility index (Phi) is 3.92. The minimum Gasteiger partial charge on any atom is -0.497 e. The Hall–Kier alpha value is -3.10. The minimum absolute atomic E-state index is 0.0727. The lowest BCUT2D eigenvalue weighted by Gasteiger charge is -2.10. The first-order valence-electron chi connectivity index (χ1n) is 8.69. The van der Waals surface area contributed by atoms with Crippen LogP contribution in [0.1, 0.15) is 30.0 Å². The van der Waals surface area contributed by atoms with E-state index in [-0.39, 0.29) is 18.9 Å². The predicted molar refractivity (Wildman–Crippen MR) is 95.2 cm³/mol. The molecule has 2 aliphatic heterocycles. The molecule has 0 radical (unpaired) electrons. The highest BCUT2D eigenvalue weighted by molar-refractivity contribution is 5.61. The molecule has 2 atom stereocenters. The molecule has 0 amide bonds. The predicted octanol–water partition coefficient (Wildman–Crippen LogP) is 2.75. The molecule has 2 N–H and O–H groups in total. The molecule has 0 saturated carbocycles. The summed E-state index contributed by atoms with van der Waals surface area (Å²) >= 11 is 0. The Morgan fingerprint density at radius 3 is 2.85 bits per heavy atom. The summed E-state index contributed by atoms with van der Waals surface area (Å²) in [6.07, 6.45) is 0.788. The standard InChI is InChI=1S/C19H18N4O4/c1-24-13-4-2-3-11(7-13)14-9-15(22-21-14)19-20-18(23-27-19)12-5-6-16-17(8-12)26-10-25-16/h2-8,14-15,21-22H,9-10H2,1H3. The summed E-state index contributed by atoms with van der Waals surface area (Å²) in [6, 6.07) is 13.7. The molecule has 27 heavy (non-hydrogen) atoms. The van der Waals surface area contributed by atoms with Gasteiger partial charge in [0, 0.05) is 11.6 Å². The summed E-state index contributed by atoms with van der Waals surface area (Å²) in [5, 5.41) is 4.11. The van der Waals surface area contributed by atoms with E-state index >= 15 is 0 Å². The molecule has 2 aromatic carbocycles. The zero-order valence-corrected chi connectivity index (χ0v) is 14.6. The molecule has 8 nitrogen and oxygen atoms in total. The van der Waals surface area contributed by atoms with Crippen molar-refractivity contribution in [1.82, 2.24) is 21.0 Å². The van der Waals surface area contributed by atoms with Gasteiger partial charge in [0.05, 0.1) is 7.11 Å². The third-order valence-electron chi connectivity index (χ3n) is 4.77. The molecule has 2 unspecified atom stereocenters. The van der Waals surface area contributed by atoms with E-state index in [0.717, 1.165) is 29.0 Å². The molecule has 5 rings (SSSR count). The zero-order chi connectivity index (χ0) is 18.2. The maximum absolute atomic E-state index is 5.49. The van der Waals surface area contributed by atoms with Crippen LogP contribution in [0.4, 0.5) is 0 Å². The lowest BCUT2D eigenvalue weighted by atomic mass is 10.0. The van der Waals surface area contributed by atoms with Crippen molar-refractivity contribution in [2.45, 2.75) is 18.5 Å². The SMILES string of the molecule is COc1cccc(C2CC(c3nc(-c4ccc5c(c4)OCO5)no3)NN2)c1. The fourth-order valence-corrected chi connectivity index (χ4v) is 3.32. The summed E-state index contributed by atoms with van der Waals surface area (Å²) in [5.74, 6) is 3.32. The van der Waals surface area contributed by atoms with Gasteiger partial charge in [-0.1, -0.05) is 17.3 Å². The van der Waals surface area contributed by atoms with Crippen LogP contribution in [0.3, 0.4) is 0 Å². The van der Waals surface area contributed by atoms with Crippen molar-refractivity contribution in [1.29, 1.82) is 0 Å². The highest BCUT2D eigenvalue weighted by Gasteiger charge is 2.30. The quantitative estimate of drug-likeness (QED) is 0.728. The second-order valence-electron chi connectivity index (χ2n) is 6.43. The Bertz CT molecular complexity index is 974. The van der Waals surface area contributed by atoms with Crippen LogP contribution in [0.2, 0.25) is 0 Å². The van der Waals surface area contributed by atoms with Crippen LogP contribution in [-0.2, 0) is 0 Å². The van der Waals surface area contributed by atoms with Crippen LogP contribution < -0.4 is 25.1 Å². The molecule has 1 fully saturated rings. The van der Waals surface area contributed by atoms with Crippen LogP contribution in [0.15, 0.2) is 47.0 Å². The van der Waals surface area contributed by atoms with Gasteiger partial charge in [-0.25, -0.2) is 10.9 Å². The molecular weight excluding hydrogens is 348 g/mol. The van der Waals surface area contributed by atoms with Gasteiger partial charge in [-0.05, 0) is 42.3 Å². The van der Waals surface area contributed by atoms with Crippen LogP contribution >= 0.6 is 0 Å². The number of hydrogen-bond donors (Lipinski definition) is 2. The third-order valence-corrected chi connectivity index (χ3v) is 4.77. The van der Waals surface area contributed by atoms with Gasteiger partial charge in [0.1, 0.15) is 11.8 Å². The van der Waals surface area contributed by atoms with E-state index < -0.39 is 0 Å². The van der Waals surface area contributed by atoms with Crippen molar-refractivity contribution < 1.29 is 18.7 Å². The van der Waals surface area contributed by atoms with Crippen molar-refractivity contribution in [3.05, 3.63) is 53.9 Å². The van der Waals surface area contributed by atoms with Gasteiger partial charge < -0.3 is 18.7 Å². The summed E-state index contributed by atoms with van der Waals surface area (Å²) in [6.45, 7) is 0.236. The number of aromatic nitrogens is 2. The first kappa shape index (κ1) is 16.1. The highest BCUT2D eigenvalue weighted by Crippen LogP contribution is 2.36. The van der Waals surface area contributed by atoms with Gasteiger partial charge in [0.15, 0.2) is 11.5 Å². The van der Waals surface area contributed by atoms with Crippen molar-refractivity contribution in [3.8, 4) is 28.6 Å². The van der Waals surface area contributed by atoms with E-state index in [1.54, 1.807) is 7.11 Å². The molecule has 2 aliphatic rings. The zero-order valence-electron chi connectivity index (χ0n) is 14.6. The van der Waals surface area contributed by atoms with Crippen molar-refractivity contribution in [2.24, 2.45) is 0 Å². The topological polar surface area (TPSA) is 90.7 Å². The number of ether oxygens (including phenoxy) is 3. The van der Waals surface area contributed by atoms with E-state index in [1.807, 2.05) is 36.4 Å². The summed E-state index contributed by atoms with van der Waals surface area (Å²) in [5.41, 5.74) is 8.48. The van der Waals surface area contributed by atoms with Crippen molar-refractivity contribution >= 4 is 0 Å². The fraction of sp³-hybridized carbons (Fsp3) is 0.263. The number of benzene rings is 2. The molecule has 0 aliphatic carbocycles. The largest absolute Gasteiger partial charge is 0.497 e. The Morgan fingerprint density at radius 1 is 1.04 bits per heavy atom. The van der Waals surface area contributed by atoms with E-state index in [2.05, 4.69) is 27.1 Å². The smallest absolute Gasteiger partial charge is 0.245 e. The van der Waals surface area contributed by atoms with E-state index in [0.29, 0.717) is 17.5 Å². The average molecular weight is 366 g/mol. The maximum atomic E-state index is 5.49. The van der Waals surface area contributed by atoms with Gasteiger partial charge in [-0.2, -0.15) is 4.98 Å². The molecule has 138 valence electrons. The van der Waals surface area contributed by atoms with Crippen molar-refractivity contribution in [2.75, 3.05) is 13.9 Å². The van der Waals surface area contributed by atoms with Gasteiger partial charge in [-0.15, -0.1) is 0 Å². The molecule has 8 heteroatoms. The number of nitrogens with one attached hydrogen (secondary N) is 2. The van der Waals surface area contributed by atoms with Crippen LogP contribution in [0, 0.1) is 0 Å². The monoisotopic (exact) mass is 366 g/mol. The van der Waals surface area contributed by atoms with Crippen LogP contribution in [-0.4, -0.2) is 24.0 Å². The van der Waals surface area contributed by atoms with Crippen LogP contribution in [0.25, 0.3) is 11.4 Å². The first-order chi connectivity index (χ1) is 13.3. The Morgan fingerprint density at radius 2 is 1.93 bits per heavy atom. The molecule has 3 aromatic rings. The normalized spacial score (nSPS) is 20.8. The lowest BCUT2D eigenvalue weighted by molar-refractivity contribution is 0.174. The van der Waals surface area contributed by atoms with E-state index in [9.17, 15) is 0 Å². The molecule has 0 spiro atoms. The number of fused-ring (bicyclic) bond motifs is 1. The molecule has 1 aromatic heterocycles. The summed E-state index contributed by atoms with van der Waals surface area (Å²) in [7, 11) is 1.67. The summed E-state index contributed by atoms with van der Waals surface area (Å²) < 4.78 is 21.5. The maximum Gasteiger partial charge on any atom is 0.245 e. The number of methoxy groups -OCH3 is 1. The highest BCUT2D eigenvalue weighted by atomic mass is 16.7. The lowest BCUT2D eigenvalue weighted by Crippen LogP contribution is -2.26. The van der Waals surface area contributed by atoms with Crippen LogP contribution in [0.5, 0.6) is 17.2 Å². The van der Waals surface area contributed by atoms with Gasteiger partial charge in [0.2, 0.25) is 18.5 Å². The minimum atomic E-state index is -0.0727. The number of nitrogens with zero attached hydrogens (tertiary/aromatic N) is 2. The van der Waals surface area contributed by atoms with E-state index in [1.165, 1.54) is 0 Å². The van der Waals surface area contributed by atoms with Crippen molar-refractivity contribution in [3.63, 3.8) is 0 Å². The third kappa shape index (κ3) is 2.98. The fourth-order valence-electron chi connectivity index (χ4n) is 3.32. The molecular formula is C19H18N4O4. The number of hydrogen-bond acceptors (Lipinski definition) is 8. The number of hydrazine groups is 1. The van der Waals surface area contributed by atoms with E-state index in [4.69, 9.17) is 18.7 Å².